The number of tetrazole rings is 1. The van der Waals surface area contributed by atoms with E-state index in [0.29, 0.717) is 30.2 Å². The third kappa shape index (κ3) is 2.73. The number of carbonyl (C=O) groups excluding carboxylic acids is 2. The van der Waals surface area contributed by atoms with E-state index in [4.69, 9.17) is 0 Å². The number of fused-ring (bicyclic) bond motifs is 5. The standard InChI is InChI=1S/C20H24N6O2S/c27-17-6-2-4-15-13-7-12(9-25(15)17)8-24(10-13)19(28)18-14-3-1-5-16(14)29-20(18)26-11-21-22-23-26/h11-13,15H,1-10H2. The van der Waals surface area contributed by atoms with Gasteiger partial charge in [0.15, 0.2) is 0 Å². The topological polar surface area (TPSA) is 84.2 Å². The first-order valence-corrected chi connectivity index (χ1v) is 11.5. The molecule has 2 aromatic heterocycles. The highest BCUT2D eigenvalue weighted by molar-refractivity contribution is 7.15. The number of hydrogen-bond donors (Lipinski definition) is 0. The van der Waals surface area contributed by atoms with Gasteiger partial charge in [-0.25, -0.2) is 0 Å². The van der Waals surface area contributed by atoms with E-state index in [1.165, 1.54) is 10.4 Å². The lowest BCUT2D eigenvalue weighted by Gasteiger charge is -2.52. The van der Waals surface area contributed by atoms with Crippen molar-refractivity contribution < 1.29 is 9.59 Å². The number of nitrogens with zero attached hydrogens (tertiary/aromatic N) is 6. The molecule has 2 amide bonds. The van der Waals surface area contributed by atoms with E-state index in [2.05, 4.69) is 25.3 Å². The van der Waals surface area contributed by atoms with Gasteiger partial charge in [-0.05, 0) is 66.4 Å². The average Bonchev–Trinajstić information content (AvgIpc) is 3.45. The highest BCUT2D eigenvalue weighted by Crippen LogP contribution is 2.41. The molecule has 0 saturated carbocycles. The second-order valence-electron chi connectivity index (χ2n) is 8.87. The van der Waals surface area contributed by atoms with Crippen molar-refractivity contribution in [3.05, 3.63) is 22.3 Å². The Bertz CT molecular complexity index is 970. The van der Waals surface area contributed by atoms with Gasteiger partial charge in [0.05, 0.1) is 5.56 Å². The lowest BCUT2D eigenvalue weighted by molar-refractivity contribution is -0.144. The Hall–Kier alpha value is -2.29. The van der Waals surface area contributed by atoms with Gasteiger partial charge in [-0.3, -0.25) is 9.59 Å². The summed E-state index contributed by atoms with van der Waals surface area (Å²) < 4.78 is 1.64. The van der Waals surface area contributed by atoms with Crippen LogP contribution in [0.1, 0.15) is 52.9 Å². The van der Waals surface area contributed by atoms with Gasteiger partial charge in [0, 0.05) is 37.0 Å². The first-order chi connectivity index (χ1) is 14.2. The number of aromatic nitrogens is 4. The summed E-state index contributed by atoms with van der Waals surface area (Å²) in [5.74, 6) is 1.23. The summed E-state index contributed by atoms with van der Waals surface area (Å²) in [6.45, 7) is 2.31. The molecule has 6 rings (SSSR count). The molecule has 152 valence electrons. The van der Waals surface area contributed by atoms with Crippen molar-refractivity contribution in [2.75, 3.05) is 19.6 Å². The van der Waals surface area contributed by atoms with Crippen LogP contribution in [0.25, 0.3) is 5.00 Å². The Morgan fingerprint density at radius 2 is 2.07 bits per heavy atom. The third-order valence-electron chi connectivity index (χ3n) is 7.14. The molecule has 5 heterocycles. The summed E-state index contributed by atoms with van der Waals surface area (Å²) in [5.41, 5.74) is 2.02. The van der Waals surface area contributed by atoms with E-state index < -0.39 is 0 Å². The second kappa shape index (κ2) is 6.62. The van der Waals surface area contributed by atoms with Crippen molar-refractivity contribution in [1.82, 2.24) is 30.0 Å². The van der Waals surface area contributed by atoms with Gasteiger partial charge in [-0.2, -0.15) is 4.68 Å². The number of aryl methyl sites for hydroxylation is 1. The van der Waals surface area contributed by atoms with Gasteiger partial charge in [-0.15, -0.1) is 16.4 Å². The summed E-state index contributed by atoms with van der Waals surface area (Å²) in [6.07, 6.45) is 8.57. The van der Waals surface area contributed by atoms with Crippen LogP contribution in [0.2, 0.25) is 0 Å². The summed E-state index contributed by atoms with van der Waals surface area (Å²) in [5, 5.41) is 12.5. The molecule has 2 aromatic rings. The Balaban J connectivity index is 1.32. The summed E-state index contributed by atoms with van der Waals surface area (Å²) in [4.78, 5) is 31.6. The number of piperidine rings is 3. The van der Waals surface area contributed by atoms with E-state index >= 15 is 0 Å². The second-order valence-corrected chi connectivity index (χ2v) is 9.95. The van der Waals surface area contributed by atoms with Crippen LogP contribution in [0.5, 0.6) is 0 Å². The smallest absolute Gasteiger partial charge is 0.257 e. The lowest BCUT2D eigenvalue weighted by Crippen LogP contribution is -2.61. The quantitative estimate of drug-likeness (QED) is 0.749. The van der Waals surface area contributed by atoms with E-state index in [9.17, 15) is 9.59 Å². The molecule has 0 N–H and O–H groups in total. The molecule has 29 heavy (non-hydrogen) atoms. The molecule has 4 aliphatic rings. The fraction of sp³-hybridized carbons (Fsp3) is 0.650. The zero-order valence-electron chi connectivity index (χ0n) is 16.3. The first kappa shape index (κ1) is 17.6. The van der Waals surface area contributed by atoms with Crippen molar-refractivity contribution >= 4 is 23.2 Å². The molecule has 3 aliphatic heterocycles. The van der Waals surface area contributed by atoms with Crippen molar-refractivity contribution in [3.8, 4) is 5.00 Å². The molecular formula is C20H24N6O2S. The Morgan fingerprint density at radius 3 is 2.93 bits per heavy atom. The van der Waals surface area contributed by atoms with Crippen molar-refractivity contribution in [1.29, 1.82) is 0 Å². The van der Waals surface area contributed by atoms with Crippen LogP contribution in [-0.2, 0) is 17.6 Å². The van der Waals surface area contributed by atoms with Crippen molar-refractivity contribution in [3.63, 3.8) is 0 Å². The molecule has 1 aliphatic carbocycles. The molecule has 0 aromatic carbocycles. The highest BCUT2D eigenvalue weighted by Gasteiger charge is 2.45. The molecule has 3 unspecified atom stereocenters. The maximum absolute atomic E-state index is 13.8. The number of hydrogen-bond acceptors (Lipinski definition) is 6. The Kier molecular flexibility index (Phi) is 4.01. The van der Waals surface area contributed by atoms with Crippen LogP contribution in [0, 0.1) is 11.8 Å². The zero-order chi connectivity index (χ0) is 19.5. The van der Waals surface area contributed by atoms with Gasteiger partial charge in [0.1, 0.15) is 11.3 Å². The zero-order valence-corrected chi connectivity index (χ0v) is 17.1. The molecule has 2 bridgehead atoms. The average molecular weight is 413 g/mol. The van der Waals surface area contributed by atoms with E-state index in [1.807, 2.05) is 0 Å². The first-order valence-electron chi connectivity index (χ1n) is 10.7. The Morgan fingerprint density at radius 1 is 1.14 bits per heavy atom. The van der Waals surface area contributed by atoms with E-state index in [1.54, 1.807) is 22.3 Å². The predicted octanol–water partition coefficient (Wildman–Crippen LogP) is 1.69. The summed E-state index contributed by atoms with van der Waals surface area (Å²) in [6, 6.07) is 0.315. The molecule has 3 atom stereocenters. The van der Waals surface area contributed by atoms with E-state index in [0.717, 1.165) is 68.7 Å². The summed E-state index contributed by atoms with van der Waals surface area (Å²) >= 11 is 1.66. The largest absolute Gasteiger partial charge is 0.339 e. The molecular weight excluding hydrogens is 388 g/mol. The molecule has 0 spiro atoms. The number of thiophene rings is 1. The molecule has 8 nitrogen and oxygen atoms in total. The number of rotatable bonds is 2. The number of amides is 2. The SMILES string of the molecule is O=C(c1c(-n2cnnn2)sc2c1CCC2)N1CC2CC(C1)C1CCCC(=O)N1C2. The van der Waals surface area contributed by atoms with Gasteiger partial charge < -0.3 is 9.80 Å². The van der Waals surface area contributed by atoms with Gasteiger partial charge in [-0.1, -0.05) is 0 Å². The molecule has 0 radical (unpaired) electrons. The van der Waals surface area contributed by atoms with Crippen LogP contribution < -0.4 is 0 Å². The third-order valence-corrected chi connectivity index (χ3v) is 8.42. The predicted molar refractivity (Wildman–Crippen MR) is 106 cm³/mol. The minimum absolute atomic E-state index is 0.125. The maximum Gasteiger partial charge on any atom is 0.257 e. The van der Waals surface area contributed by atoms with Gasteiger partial charge in [0.25, 0.3) is 5.91 Å². The molecule has 3 saturated heterocycles. The van der Waals surface area contributed by atoms with Crippen LogP contribution in [0.3, 0.4) is 0 Å². The van der Waals surface area contributed by atoms with Gasteiger partial charge >= 0.3 is 0 Å². The van der Waals surface area contributed by atoms with Crippen molar-refractivity contribution in [2.24, 2.45) is 11.8 Å². The lowest BCUT2D eigenvalue weighted by atomic mass is 9.76. The fourth-order valence-electron chi connectivity index (χ4n) is 5.96. The van der Waals surface area contributed by atoms with Crippen molar-refractivity contribution in [2.45, 2.75) is 51.0 Å². The normalized spacial score (nSPS) is 28.4. The van der Waals surface area contributed by atoms with Crippen LogP contribution >= 0.6 is 11.3 Å². The Labute approximate surface area is 172 Å². The van der Waals surface area contributed by atoms with Crippen LogP contribution in [0.15, 0.2) is 6.33 Å². The number of likely N-dealkylation sites (tertiary alicyclic amines) is 1. The van der Waals surface area contributed by atoms with Gasteiger partial charge in [0.2, 0.25) is 5.91 Å². The maximum atomic E-state index is 13.8. The molecule has 3 fully saturated rings. The molecule has 9 heteroatoms. The fourth-order valence-corrected chi connectivity index (χ4v) is 7.26. The monoisotopic (exact) mass is 412 g/mol. The highest BCUT2D eigenvalue weighted by atomic mass is 32.1. The number of carbonyl (C=O) groups is 2. The minimum Gasteiger partial charge on any atom is -0.339 e. The summed E-state index contributed by atoms with van der Waals surface area (Å²) in [7, 11) is 0. The minimum atomic E-state index is 0.125. The van der Waals surface area contributed by atoms with E-state index in [-0.39, 0.29) is 5.91 Å². The van der Waals surface area contributed by atoms with Crippen LogP contribution in [-0.4, -0.2) is 67.5 Å². The van der Waals surface area contributed by atoms with Crippen LogP contribution in [0.4, 0.5) is 0 Å².